The second-order valence-electron chi connectivity index (χ2n) is 14.6. The van der Waals surface area contributed by atoms with Gasteiger partial charge in [0.15, 0.2) is 5.82 Å². The van der Waals surface area contributed by atoms with Gasteiger partial charge in [0.2, 0.25) is 0 Å². The lowest BCUT2D eigenvalue weighted by Crippen LogP contribution is -2.02. The van der Waals surface area contributed by atoms with Crippen molar-refractivity contribution >= 4 is 75.1 Å². The second kappa shape index (κ2) is 12.6. The summed E-state index contributed by atoms with van der Waals surface area (Å²) in [4.78, 5) is 10.9. The molecule has 0 N–H and O–H groups in total. The molecule has 0 aliphatic heterocycles. The Labute approximate surface area is 332 Å². The maximum absolute atomic E-state index is 5.52. The molecule has 5 heteroatoms. The topological polar surface area (TPSA) is 35.6 Å². The van der Waals surface area contributed by atoms with Crippen molar-refractivity contribution in [2.45, 2.75) is 0 Å². The highest BCUT2D eigenvalue weighted by Gasteiger charge is 2.21. The molecule has 4 nitrogen and oxygen atoms in total. The van der Waals surface area contributed by atoms with Crippen LogP contribution >= 0.6 is 11.3 Å². The minimum Gasteiger partial charge on any atom is -0.309 e. The van der Waals surface area contributed by atoms with E-state index in [0.29, 0.717) is 5.82 Å². The van der Waals surface area contributed by atoms with Crippen molar-refractivity contribution in [3.05, 3.63) is 194 Å². The Balaban J connectivity index is 1.15. The lowest BCUT2D eigenvalue weighted by Gasteiger charge is -2.13. The standard InChI is InChI=1S/C52H32N4S/c1-3-14-33(15-4-1)34-26-28-35(29-27-34)43-32-50(54-52(53-43)40-21-13-25-49-51(40)39-20-9-12-24-48(39)57-49)56-45-23-11-8-19-38(45)42-30-46-41(31-47(42)56)37-18-7-10-22-44(37)55(46)36-16-5-2-6-17-36/h1-32H. The van der Waals surface area contributed by atoms with E-state index in [9.17, 15) is 0 Å². The Hall–Kier alpha value is -7.34. The molecular weight excluding hydrogens is 713 g/mol. The predicted molar refractivity (Wildman–Crippen MR) is 240 cm³/mol. The van der Waals surface area contributed by atoms with Crippen LogP contribution in [0.25, 0.3) is 109 Å². The van der Waals surface area contributed by atoms with Crippen LogP contribution in [0.15, 0.2) is 194 Å². The van der Waals surface area contributed by atoms with Gasteiger partial charge in [0.05, 0.1) is 27.8 Å². The van der Waals surface area contributed by atoms with Gasteiger partial charge in [0.1, 0.15) is 5.82 Å². The van der Waals surface area contributed by atoms with Gasteiger partial charge >= 0.3 is 0 Å². The van der Waals surface area contributed by atoms with Crippen molar-refractivity contribution in [3.63, 3.8) is 0 Å². The SMILES string of the molecule is c1ccc(-c2ccc(-c3cc(-n4c5ccccc5c5cc6c(cc54)c4ccccc4n6-c4ccccc4)nc(-c4cccc5sc6ccccc6c45)n3)cc2)cc1. The van der Waals surface area contributed by atoms with Crippen molar-refractivity contribution in [2.75, 3.05) is 0 Å². The summed E-state index contributed by atoms with van der Waals surface area (Å²) in [6, 6.07) is 69.5. The van der Waals surface area contributed by atoms with Crippen LogP contribution in [0.4, 0.5) is 0 Å². The molecule has 0 bridgehead atoms. The fraction of sp³-hybridized carbons (Fsp3) is 0. The molecule has 0 radical (unpaired) electrons. The third kappa shape index (κ3) is 4.99. The molecule has 4 aromatic heterocycles. The highest BCUT2D eigenvalue weighted by atomic mass is 32.1. The molecule has 0 fully saturated rings. The van der Waals surface area contributed by atoms with Crippen LogP contribution in [0.2, 0.25) is 0 Å². The van der Waals surface area contributed by atoms with Crippen molar-refractivity contribution in [1.29, 1.82) is 0 Å². The Morgan fingerprint density at radius 2 is 0.930 bits per heavy atom. The molecule has 266 valence electrons. The first kappa shape index (κ1) is 32.0. The van der Waals surface area contributed by atoms with E-state index in [1.165, 1.54) is 63.9 Å². The van der Waals surface area contributed by atoms with E-state index in [0.717, 1.165) is 39.4 Å². The van der Waals surface area contributed by atoms with Gasteiger partial charge in [0, 0.05) is 64.6 Å². The predicted octanol–water partition coefficient (Wildman–Crippen LogP) is 14.0. The van der Waals surface area contributed by atoms with Crippen LogP contribution in [0, 0.1) is 0 Å². The van der Waals surface area contributed by atoms with Gasteiger partial charge in [-0.1, -0.05) is 140 Å². The molecule has 0 aliphatic carbocycles. The van der Waals surface area contributed by atoms with Crippen LogP contribution < -0.4 is 0 Å². The zero-order valence-electron chi connectivity index (χ0n) is 30.7. The molecule has 0 spiro atoms. The van der Waals surface area contributed by atoms with Gasteiger partial charge in [-0.2, -0.15) is 0 Å². The van der Waals surface area contributed by atoms with Gasteiger partial charge in [-0.05, 0) is 59.7 Å². The lowest BCUT2D eigenvalue weighted by atomic mass is 10.0. The number of nitrogens with zero attached hydrogens (tertiary/aromatic N) is 4. The fourth-order valence-corrected chi connectivity index (χ4v) is 9.91. The number of hydrogen-bond donors (Lipinski definition) is 0. The Bertz CT molecular complexity index is 3500. The maximum Gasteiger partial charge on any atom is 0.162 e. The average molecular weight is 745 g/mol. The fourth-order valence-electron chi connectivity index (χ4n) is 8.77. The van der Waals surface area contributed by atoms with Crippen molar-refractivity contribution in [2.24, 2.45) is 0 Å². The highest BCUT2D eigenvalue weighted by Crippen LogP contribution is 2.42. The number of aromatic nitrogens is 4. The largest absolute Gasteiger partial charge is 0.309 e. The summed E-state index contributed by atoms with van der Waals surface area (Å²) in [5, 5.41) is 7.19. The molecular formula is C52H32N4S. The van der Waals surface area contributed by atoms with E-state index in [-0.39, 0.29) is 0 Å². The zero-order valence-corrected chi connectivity index (χ0v) is 31.5. The van der Waals surface area contributed by atoms with Crippen molar-refractivity contribution in [1.82, 2.24) is 19.1 Å². The summed E-state index contributed by atoms with van der Waals surface area (Å²) in [7, 11) is 0. The molecule has 12 aromatic rings. The van der Waals surface area contributed by atoms with Crippen LogP contribution in [0.1, 0.15) is 0 Å². The monoisotopic (exact) mass is 744 g/mol. The molecule has 4 heterocycles. The average Bonchev–Trinajstić information content (AvgIpc) is 3.93. The molecule has 0 saturated heterocycles. The summed E-state index contributed by atoms with van der Waals surface area (Å²) >= 11 is 1.82. The van der Waals surface area contributed by atoms with Gasteiger partial charge in [-0.3, -0.25) is 4.57 Å². The highest BCUT2D eigenvalue weighted by molar-refractivity contribution is 7.25. The van der Waals surface area contributed by atoms with Crippen LogP contribution in [0.3, 0.4) is 0 Å². The zero-order chi connectivity index (χ0) is 37.5. The Kier molecular flexibility index (Phi) is 7.06. The second-order valence-corrected chi connectivity index (χ2v) is 15.7. The van der Waals surface area contributed by atoms with E-state index in [2.05, 4.69) is 203 Å². The third-order valence-electron chi connectivity index (χ3n) is 11.4. The van der Waals surface area contributed by atoms with Crippen LogP contribution in [-0.4, -0.2) is 19.1 Å². The van der Waals surface area contributed by atoms with Gasteiger partial charge < -0.3 is 4.57 Å². The van der Waals surface area contributed by atoms with Gasteiger partial charge in [0.25, 0.3) is 0 Å². The lowest BCUT2D eigenvalue weighted by molar-refractivity contribution is 1.05. The van der Waals surface area contributed by atoms with Crippen LogP contribution in [-0.2, 0) is 0 Å². The minimum atomic E-state index is 0.705. The Morgan fingerprint density at radius 3 is 1.67 bits per heavy atom. The molecule has 0 amide bonds. The molecule has 0 saturated carbocycles. The van der Waals surface area contributed by atoms with E-state index >= 15 is 0 Å². The number of thiophene rings is 1. The molecule has 0 unspecified atom stereocenters. The molecule has 57 heavy (non-hydrogen) atoms. The minimum absolute atomic E-state index is 0.705. The maximum atomic E-state index is 5.52. The molecule has 12 rings (SSSR count). The van der Waals surface area contributed by atoms with E-state index in [1.807, 2.05) is 11.3 Å². The molecule has 0 atom stereocenters. The summed E-state index contributed by atoms with van der Waals surface area (Å²) in [6.07, 6.45) is 0. The number of fused-ring (bicyclic) bond motifs is 9. The van der Waals surface area contributed by atoms with Crippen molar-refractivity contribution in [3.8, 4) is 45.3 Å². The van der Waals surface area contributed by atoms with Gasteiger partial charge in [-0.25, -0.2) is 9.97 Å². The molecule has 8 aromatic carbocycles. The third-order valence-corrected chi connectivity index (χ3v) is 12.5. The first-order valence-corrected chi connectivity index (χ1v) is 20.1. The molecule has 0 aliphatic rings. The normalized spacial score (nSPS) is 11.9. The van der Waals surface area contributed by atoms with Crippen molar-refractivity contribution < 1.29 is 0 Å². The van der Waals surface area contributed by atoms with Crippen LogP contribution in [0.5, 0.6) is 0 Å². The number of para-hydroxylation sites is 3. The number of rotatable bonds is 5. The van der Waals surface area contributed by atoms with E-state index < -0.39 is 0 Å². The van der Waals surface area contributed by atoms with E-state index in [4.69, 9.17) is 9.97 Å². The number of hydrogen-bond acceptors (Lipinski definition) is 3. The summed E-state index contributed by atoms with van der Waals surface area (Å²) in [5.74, 6) is 1.53. The van der Waals surface area contributed by atoms with E-state index in [1.54, 1.807) is 0 Å². The first-order chi connectivity index (χ1) is 28.3. The van der Waals surface area contributed by atoms with Gasteiger partial charge in [-0.15, -0.1) is 11.3 Å². The summed E-state index contributed by atoms with van der Waals surface area (Å²) in [6.45, 7) is 0. The first-order valence-electron chi connectivity index (χ1n) is 19.2. The summed E-state index contributed by atoms with van der Waals surface area (Å²) in [5.41, 5.74) is 11.0. The number of benzene rings is 8. The quantitative estimate of drug-likeness (QED) is 0.176. The Morgan fingerprint density at radius 1 is 0.368 bits per heavy atom. The summed E-state index contributed by atoms with van der Waals surface area (Å²) < 4.78 is 7.22. The smallest absolute Gasteiger partial charge is 0.162 e.